The predicted octanol–water partition coefficient (Wildman–Crippen LogP) is 0.704. The molecule has 0 saturated carbocycles. The number of pyridine rings is 1. The van der Waals surface area contributed by atoms with Crippen LogP contribution in [-0.4, -0.2) is 55.4 Å². The average molecular weight is 322 g/mol. The summed E-state index contributed by atoms with van der Waals surface area (Å²) in [5, 5.41) is 0.190. The van der Waals surface area contributed by atoms with E-state index < -0.39 is 0 Å². The maximum atomic E-state index is 6.06. The first-order valence-electron chi connectivity index (χ1n) is 7.07. The molecule has 22 heavy (non-hydrogen) atoms. The normalized spacial score (nSPS) is 15.0. The SMILES string of the molecule is CN(C)c1cc[n+](-c2nc(Cl)nc(N3CCOCC3)n2)cc1. The quantitative estimate of drug-likeness (QED) is 0.776. The molecule has 0 aliphatic carbocycles. The summed E-state index contributed by atoms with van der Waals surface area (Å²) in [6.45, 7) is 2.85. The summed E-state index contributed by atoms with van der Waals surface area (Å²) in [6.07, 6.45) is 3.81. The fourth-order valence-electron chi connectivity index (χ4n) is 2.20. The maximum absolute atomic E-state index is 6.06. The molecule has 2 aromatic rings. The Hall–Kier alpha value is -1.99. The van der Waals surface area contributed by atoms with Crippen molar-refractivity contribution >= 4 is 23.2 Å². The number of aromatic nitrogens is 4. The molecule has 0 N–H and O–H groups in total. The van der Waals surface area contributed by atoms with Crippen molar-refractivity contribution in [3.63, 3.8) is 0 Å². The number of morpholine rings is 1. The third-order valence-corrected chi connectivity index (χ3v) is 3.61. The number of hydrogen-bond donors (Lipinski definition) is 0. The van der Waals surface area contributed by atoms with Crippen molar-refractivity contribution in [1.29, 1.82) is 0 Å². The molecule has 116 valence electrons. The minimum atomic E-state index is 0.190. The number of ether oxygens (including phenoxy) is 1. The Bertz CT molecular complexity index is 642. The largest absolute Gasteiger partial charge is 0.444 e. The second kappa shape index (κ2) is 6.41. The van der Waals surface area contributed by atoms with Crippen LogP contribution in [0, 0.1) is 0 Å². The molecule has 3 heterocycles. The average Bonchev–Trinajstić information content (AvgIpc) is 2.55. The molecule has 1 aliphatic heterocycles. The zero-order chi connectivity index (χ0) is 15.5. The molecule has 0 radical (unpaired) electrons. The van der Waals surface area contributed by atoms with E-state index in [4.69, 9.17) is 16.3 Å². The Labute approximate surface area is 134 Å². The Balaban J connectivity index is 1.91. The van der Waals surface area contributed by atoms with E-state index in [1.807, 2.05) is 48.1 Å². The molecule has 0 unspecified atom stereocenters. The molecule has 0 spiro atoms. The van der Waals surface area contributed by atoms with E-state index in [1.165, 1.54) is 0 Å². The lowest BCUT2D eigenvalue weighted by Gasteiger charge is -2.24. The Morgan fingerprint density at radius 3 is 2.45 bits per heavy atom. The molecule has 1 aliphatic rings. The lowest BCUT2D eigenvalue weighted by Crippen LogP contribution is -2.39. The lowest BCUT2D eigenvalue weighted by atomic mass is 10.4. The van der Waals surface area contributed by atoms with Gasteiger partial charge in [-0.05, 0) is 33.7 Å². The fraction of sp³-hybridized carbons (Fsp3) is 0.429. The van der Waals surface area contributed by atoms with Gasteiger partial charge in [0.2, 0.25) is 0 Å². The highest BCUT2D eigenvalue weighted by atomic mass is 35.5. The van der Waals surface area contributed by atoms with Gasteiger partial charge in [0, 0.05) is 32.9 Å². The zero-order valence-electron chi connectivity index (χ0n) is 12.6. The van der Waals surface area contributed by atoms with Gasteiger partial charge in [-0.1, -0.05) is 0 Å². The van der Waals surface area contributed by atoms with Gasteiger partial charge < -0.3 is 14.5 Å². The summed E-state index contributed by atoms with van der Waals surface area (Å²) in [4.78, 5) is 17.0. The number of rotatable bonds is 3. The lowest BCUT2D eigenvalue weighted by molar-refractivity contribution is -0.603. The summed E-state index contributed by atoms with van der Waals surface area (Å²) in [6, 6.07) is 3.98. The highest BCUT2D eigenvalue weighted by Crippen LogP contribution is 2.13. The standard InChI is InChI=1S/C14H18ClN6O/c1-19(2)11-3-5-20(6-4-11)13-16-12(15)17-14(18-13)21-7-9-22-10-8-21/h3-6H,7-10H2,1-2H3/q+1. The molecule has 0 atom stereocenters. The van der Waals surface area contributed by atoms with Crippen molar-refractivity contribution < 1.29 is 9.30 Å². The Morgan fingerprint density at radius 2 is 1.82 bits per heavy atom. The molecule has 0 bridgehead atoms. The number of anilines is 2. The van der Waals surface area contributed by atoms with Crippen molar-refractivity contribution in [2.75, 3.05) is 50.2 Å². The minimum absolute atomic E-state index is 0.190. The van der Waals surface area contributed by atoms with Crippen LogP contribution in [0.1, 0.15) is 0 Å². The summed E-state index contributed by atoms with van der Waals surface area (Å²) in [5.74, 6) is 1.09. The number of hydrogen-bond acceptors (Lipinski definition) is 6. The van der Waals surface area contributed by atoms with Crippen molar-refractivity contribution in [1.82, 2.24) is 15.0 Å². The summed E-state index contributed by atoms with van der Waals surface area (Å²) >= 11 is 6.06. The molecular weight excluding hydrogens is 304 g/mol. The van der Waals surface area contributed by atoms with Crippen molar-refractivity contribution in [2.24, 2.45) is 0 Å². The van der Waals surface area contributed by atoms with E-state index in [1.54, 1.807) is 0 Å². The van der Waals surface area contributed by atoms with E-state index in [2.05, 4.69) is 19.9 Å². The molecule has 1 saturated heterocycles. The van der Waals surface area contributed by atoms with Gasteiger partial charge in [0.25, 0.3) is 0 Å². The first-order chi connectivity index (χ1) is 10.6. The minimum Gasteiger partial charge on any atom is -0.378 e. The Kier molecular flexibility index (Phi) is 4.35. The molecule has 0 aromatic carbocycles. The van der Waals surface area contributed by atoms with E-state index in [9.17, 15) is 0 Å². The number of nitrogens with zero attached hydrogens (tertiary/aromatic N) is 6. The van der Waals surface area contributed by atoms with Gasteiger partial charge in [0.1, 0.15) is 0 Å². The van der Waals surface area contributed by atoms with Crippen LogP contribution in [0.4, 0.5) is 11.6 Å². The molecule has 3 rings (SSSR count). The second-order valence-electron chi connectivity index (χ2n) is 5.16. The summed E-state index contributed by atoms with van der Waals surface area (Å²) in [5.41, 5.74) is 1.10. The zero-order valence-corrected chi connectivity index (χ0v) is 13.4. The summed E-state index contributed by atoms with van der Waals surface area (Å²) < 4.78 is 7.17. The predicted molar refractivity (Wildman–Crippen MR) is 83.7 cm³/mol. The highest BCUT2D eigenvalue weighted by molar-refractivity contribution is 6.28. The molecule has 7 nitrogen and oxygen atoms in total. The monoisotopic (exact) mass is 321 g/mol. The van der Waals surface area contributed by atoms with Gasteiger partial charge in [-0.25, -0.2) is 4.57 Å². The van der Waals surface area contributed by atoms with Crippen LogP contribution in [0.2, 0.25) is 5.28 Å². The highest BCUT2D eigenvalue weighted by Gasteiger charge is 2.22. The van der Waals surface area contributed by atoms with Crippen LogP contribution in [-0.2, 0) is 4.74 Å². The van der Waals surface area contributed by atoms with Gasteiger partial charge in [-0.15, -0.1) is 0 Å². The van der Waals surface area contributed by atoms with E-state index in [-0.39, 0.29) is 5.28 Å². The molecule has 0 amide bonds. The topological polar surface area (TPSA) is 58.3 Å². The van der Waals surface area contributed by atoms with Gasteiger partial charge in [-0.2, -0.15) is 4.98 Å². The van der Waals surface area contributed by atoms with Gasteiger partial charge >= 0.3 is 17.2 Å². The van der Waals surface area contributed by atoms with Crippen molar-refractivity contribution in [2.45, 2.75) is 0 Å². The summed E-state index contributed by atoms with van der Waals surface area (Å²) in [7, 11) is 3.99. The van der Waals surface area contributed by atoms with Crippen LogP contribution in [0.3, 0.4) is 0 Å². The van der Waals surface area contributed by atoms with Gasteiger partial charge in [-0.3, -0.25) is 0 Å². The van der Waals surface area contributed by atoms with Gasteiger partial charge in [0.05, 0.1) is 25.6 Å². The first-order valence-corrected chi connectivity index (χ1v) is 7.44. The smallest absolute Gasteiger partial charge is 0.378 e. The second-order valence-corrected chi connectivity index (χ2v) is 5.50. The van der Waals surface area contributed by atoms with Crippen LogP contribution in [0.25, 0.3) is 5.95 Å². The van der Waals surface area contributed by atoms with Gasteiger partial charge in [0.15, 0.2) is 0 Å². The molecule has 2 aromatic heterocycles. The van der Waals surface area contributed by atoms with E-state index in [0.29, 0.717) is 25.1 Å². The van der Waals surface area contributed by atoms with Crippen molar-refractivity contribution in [3.05, 3.63) is 29.8 Å². The Morgan fingerprint density at radius 1 is 1.14 bits per heavy atom. The maximum Gasteiger partial charge on any atom is 0.444 e. The molecule has 8 heteroatoms. The van der Waals surface area contributed by atoms with E-state index in [0.717, 1.165) is 18.8 Å². The van der Waals surface area contributed by atoms with Crippen LogP contribution < -0.4 is 14.4 Å². The fourth-order valence-corrected chi connectivity index (χ4v) is 2.35. The third-order valence-electron chi connectivity index (χ3n) is 3.44. The van der Waals surface area contributed by atoms with Crippen molar-refractivity contribution in [3.8, 4) is 5.95 Å². The molecule has 1 fully saturated rings. The molecular formula is C14H18ClN6O+. The number of halogens is 1. The first kappa shape index (κ1) is 14.9. The van der Waals surface area contributed by atoms with E-state index >= 15 is 0 Å². The third kappa shape index (κ3) is 3.26. The van der Waals surface area contributed by atoms with Crippen LogP contribution in [0.15, 0.2) is 24.5 Å². The van der Waals surface area contributed by atoms with Crippen LogP contribution in [0.5, 0.6) is 0 Å². The van der Waals surface area contributed by atoms with Crippen LogP contribution >= 0.6 is 11.6 Å².